The summed E-state index contributed by atoms with van der Waals surface area (Å²) in [5.74, 6) is 2.27. The van der Waals surface area contributed by atoms with Crippen LogP contribution >= 0.6 is 0 Å². The Balaban J connectivity index is 1.96. The van der Waals surface area contributed by atoms with E-state index in [0.717, 1.165) is 29.6 Å². The Morgan fingerprint density at radius 2 is 2.06 bits per heavy atom. The Kier molecular flexibility index (Phi) is 4.44. The zero-order chi connectivity index (χ0) is 13.0. The summed E-state index contributed by atoms with van der Waals surface area (Å²) in [7, 11) is 3.27. The Hall–Kier alpha value is -1.26. The van der Waals surface area contributed by atoms with E-state index in [9.17, 15) is 0 Å². The van der Waals surface area contributed by atoms with Gasteiger partial charge in [0, 0.05) is 18.2 Å². The molecule has 0 saturated heterocycles. The molecule has 0 spiro atoms. The third kappa shape index (κ3) is 3.37. The number of rotatable bonds is 7. The molecule has 2 N–H and O–H groups in total. The van der Waals surface area contributed by atoms with Crippen molar-refractivity contribution in [1.29, 1.82) is 0 Å². The van der Waals surface area contributed by atoms with Crippen LogP contribution in [0, 0.1) is 5.92 Å². The lowest BCUT2D eigenvalue weighted by atomic mass is 10.1. The minimum absolute atomic E-state index is 0.162. The van der Waals surface area contributed by atoms with Crippen LogP contribution in [-0.2, 0) is 4.74 Å². The molecule has 0 heterocycles. The molecule has 0 radical (unpaired) electrons. The van der Waals surface area contributed by atoms with Gasteiger partial charge in [-0.1, -0.05) is 0 Å². The van der Waals surface area contributed by atoms with E-state index in [1.165, 1.54) is 12.8 Å². The third-order valence-corrected chi connectivity index (χ3v) is 3.19. The SMILES string of the molecule is COc1ccc(C(N)COCC2CC2)c(OC)c1. The van der Waals surface area contributed by atoms with Crippen LogP contribution in [0.2, 0.25) is 0 Å². The molecule has 1 atom stereocenters. The quantitative estimate of drug-likeness (QED) is 0.806. The summed E-state index contributed by atoms with van der Waals surface area (Å²) in [6, 6.07) is 5.50. The lowest BCUT2D eigenvalue weighted by Crippen LogP contribution is -2.18. The van der Waals surface area contributed by atoms with Crippen LogP contribution in [0.4, 0.5) is 0 Å². The maximum Gasteiger partial charge on any atom is 0.127 e. The van der Waals surface area contributed by atoms with Crippen molar-refractivity contribution >= 4 is 0 Å². The van der Waals surface area contributed by atoms with Gasteiger partial charge in [-0.2, -0.15) is 0 Å². The first-order valence-electron chi connectivity index (χ1n) is 6.30. The van der Waals surface area contributed by atoms with Gasteiger partial charge in [0.2, 0.25) is 0 Å². The second kappa shape index (κ2) is 6.07. The Labute approximate surface area is 108 Å². The fourth-order valence-electron chi connectivity index (χ4n) is 1.86. The summed E-state index contributed by atoms with van der Waals surface area (Å²) < 4.78 is 16.1. The van der Waals surface area contributed by atoms with Gasteiger partial charge in [0.25, 0.3) is 0 Å². The molecule has 4 nitrogen and oxygen atoms in total. The molecular formula is C14H21NO3. The van der Waals surface area contributed by atoms with Gasteiger partial charge in [-0.05, 0) is 30.9 Å². The zero-order valence-corrected chi connectivity index (χ0v) is 11.0. The molecule has 1 unspecified atom stereocenters. The molecule has 18 heavy (non-hydrogen) atoms. The molecule has 0 amide bonds. The van der Waals surface area contributed by atoms with Crippen LogP contribution in [0.1, 0.15) is 24.4 Å². The van der Waals surface area contributed by atoms with E-state index in [2.05, 4.69) is 0 Å². The van der Waals surface area contributed by atoms with E-state index in [-0.39, 0.29) is 6.04 Å². The lowest BCUT2D eigenvalue weighted by molar-refractivity contribution is 0.111. The standard InChI is InChI=1S/C14H21NO3/c1-16-11-5-6-12(14(7-11)17-2)13(15)9-18-8-10-3-4-10/h5-7,10,13H,3-4,8-9,15H2,1-2H3. The van der Waals surface area contributed by atoms with Crippen LogP contribution in [0.5, 0.6) is 11.5 Å². The highest BCUT2D eigenvalue weighted by Crippen LogP contribution is 2.31. The fraction of sp³-hybridized carbons (Fsp3) is 0.571. The van der Waals surface area contributed by atoms with Crippen LogP contribution in [0.15, 0.2) is 18.2 Å². The Morgan fingerprint density at radius 3 is 2.67 bits per heavy atom. The highest BCUT2D eigenvalue weighted by Gasteiger charge is 2.22. The highest BCUT2D eigenvalue weighted by molar-refractivity contribution is 5.42. The number of ether oxygens (including phenoxy) is 3. The van der Waals surface area contributed by atoms with Crippen LogP contribution in [0.3, 0.4) is 0 Å². The number of hydrogen-bond acceptors (Lipinski definition) is 4. The van der Waals surface area contributed by atoms with E-state index < -0.39 is 0 Å². The normalized spacial score (nSPS) is 16.4. The molecule has 2 rings (SSSR count). The van der Waals surface area contributed by atoms with Gasteiger partial charge < -0.3 is 19.9 Å². The topological polar surface area (TPSA) is 53.7 Å². The van der Waals surface area contributed by atoms with Crippen molar-refractivity contribution in [1.82, 2.24) is 0 Å². The van der Waals surface area contributed by atoms with Gasteiger partial charge in [-0.25, -0.2) is 0 Å². The van der Waals surface area contributed by atoms with Crippen LogP contribution in [-0.4, -0.2) is 27.4 Å². The predicted molar refractivity (Wildman–Crippen MR) is 70.0 cm³/mol. The molecule has 1 fully saturated rings. The van der Waals surface area contributed by atoms with Crippen molar-refractivity contribution in [3.05, 3.63) is 23.8 Å². The lowest BCUT2D eigenvalue weighted by Gasteiger charge is -2.16. The van der Waals surface area contributed by atoms with Crippen molar-refractivity contribution in [3.63, 3.8) is 0 Å². The van der Waals surface area contributed by atoms with Gasteiger partial charge in [-0.15, -0.1) is 0 Å². The maximum atomic E-state index is 6.12. The van der Waals surface area contributed by atoms with Crippen LogP contribution in [0.25, 0.3) is 0 Å². The van der Waals surface area contributed by atoms with Gasteiger partial charge in [0.05, 0.1) is 26.9 Å². The molecule has 1 aliphatic carbocycles. The molecule has 0 aliphatic heterocycles. The molecule has 0 bridgehead atoms. The molecule has 1 aliphatic rings. The zero-order valence-electron chi connectivity index (χ0n) is 11.0. The smallest absolute Gasteiger partial charge is 0.127 e. The minimum Gasteiger partial charge on any atom is -0.497 e. The number of methoxy groups -OCH3 is 2. The molecular weight excluding hydrogens is 230 g/mol. The van der Waals surface area contributed by atoms with E-state index >= 15 is 0 Å². The second-order valence-corrected chi connectivity index (χ2v) is 4.70. The second-order valence-electron chi connectivity index (χ2n) is 4.70. The summed E-state index contributed by atoms with van der Waals surface area (Å²) in [4.78, 5) is 0. The molecule has 1 aromatic rings. The highest BCUT2D eigenvalue weighted by atomic mass is 16.5. The van der Waals surface area contributed by atoms with Crippen molar-refractivity contribution in [3.8, 4) is 11.5 Å². The molecule has 1 saturated carbocycles. The fourth-order valence-corrected chi connectivity index (χ4v) is 1.86. The number of hydrogen-bond donors (Lipinski definition) is 1. The first-order chi connectivity index (χ1) is 8.74. The average molecular weight is 251 g/mol. The summed E-state index contributed by atoms with van der Waals surface area (Å²) >= 11 is 0. The molecule has 0 aromatic heterocycles. The van der Waals surface area contributed by atoms with E-state index in [4.69, 9.17) is 19.9 Å². The Bertz CT molecular complexity index is 391. The first kappa shape index (κ1) is 13.2. The monoisotopic (exact) mass is 251 g/mol. The van der Waals surface area contributed by atoms with E-state index in [0.29, 0.717) is 6.61 Å². The van der Waals surface area contributed by atoms with Gasteiger partial charge in [-0.3, -0.25) is 0 Å². The molecule has 100 valence electrons. The Morgan fingerprint density at radius 1 is 1.28 bits per heavy atom. The van der Waals surface area contributed by atoms with Crippen molar-refractivity contribution < 1.29 is 14.2 Å². The van der Waals surface area contributed by atoms with Gasteiger partial charge >= 0.3 is 0 Å². The maximum absolute atomic E-state index is 6.12. The van der Waals surface area contributed by atoms with E-state index in [1.807, 2.05) is 18.2 Å². The minimum atomic E-state index is -0.162. The first-order valence-corrected chi connectivity index (χ1v) is 6.30. The van der Waals surface area contributed by atoms with Crippen molar-refractivity contribution in [2.45, 2.75) is 18.9 Å². The number of benzene rings is 1. The average Bonchev–Trinajstić information content (AvgIpc) is 3.21. The third-order valence-electron chi connectivity index (χ3n) is 3.19. The predicted octanol–water partition coefficient (Wildman–Crippen LogP) is 2.13. The van der Waals surface area contributed by atoms with E-state index in [1.54, 1.807) is 14.2 Å². The summed E-state index contributed by atoms with van der Waals surface area (Å²) in [6.45, 7) is 1.35. The van der Waals surface area contributed by atoms with Gasteiger partial charge in [0.1, 0.15) is 11.5 Å². The summed E-state index contributed by atoms with van der Waals surface area (Å²) in [5, 5.41) is 0. The van der Waals surface area contributed by atoms with Crippen molar-refractivity contribution in [2.75, 3.05) is 27.4 Å². The summed E-state index contributed by atoms with van der Waals surface area (Å²) in [6.07, 6.45) is 2.59. The van der Waals surface area contributed by atoms with Crippen molar-refractivity contribution in [2.24, 2.45) is 11.7 Å². The largest absolute Gasteiger partial charge is 0.497 e. The van der Waals surface area contributed by atoms with Gasteiger partial charge in [0.15, 0.2) is 0 Å². The summed E-state index contributed by atoms with van der Waals surface area (Å²) in [5.41, 5.74) is 7.08. The molecule has 4 heteroatoms. The van der Waals surface area contributed by atoms with Crippen LogP contribution < -0.4 is 15.2 Å². The number of nitrogens with two attached hydrogens (primary N) is 1. The molecule has 1 aromatic carbocycles.